The first kappa shape index (κ1) is 16.1. The highest BCUT2D eigenvalue weighted by Crippen LogP contribution is 2.25. The standard InChI is InChI=1S/C11H17NO5S2/c1-6(2)8(13)5-12-19(16,17)10-4-9(11(14)15)18-7(10)3/h4,6,8,12-13H,5H2,1-3H3,(H,14,15). The zero-order chi connectivity index (χ0) is 14.8. The van der Waals surface area contributed by atoms with Crippen molar-refractivity contribution in [2.75, 3.05) is 6.54 Å². The van der Waals surface area contributed by atoms with Crippen LogP contribution in [-0.4, -0.2) is 37.2 Å². The number of carboxylic acids is 1. The molecular weight excluding hydrogens is 290 g/mol. The largest absolute Gasteiger partial charge is 0.477 e. The van der Waals surface area contributed by atoms with Crippen molar-refractivity contribution in [1.82, 2.24) is 4.72 Å². The molecule has 0 aliphatic rings. The van der Waals surface area contributed by atoms with Gasteiger partial charge in [-0.1, -0.05) is 13.8 Å². The van der Waals surface area contributed by atoms with Gasteiger partial charge in [-0.3, -0.25) is 0 Å². The van der Waals surface area contributed by atoms with E-state index < -0.39 is 22.1 Å². The summed E-state index contributed by atoms with van der Waals surface area (Å²) in [5.74, 6) is -1.22. The van der Waals surface area contributed by atoms with E-state index in [4.69, 9.17) is 5.11 Å². The van der Waals surface area contributed by atoms with Crippen LogP contribution in [0, 0.1) is 12.8 Å². The molecule has 8 heteroatoms. The first-order valence-corrected chi connectivity index (χ1v) is 7.96. The second-order valence-corrected chi connectivity index (χ2v) is 7.49. The highest BCUT2D eigenvalue weighted by atomic mass is 32.2. The van der Waals surface area contributed by atoms with Gasteiger partial charge in [-0.15, -0.1) is 11.3 Å². The molecule has 0 aliphatic carbocycles. The van der Waals surface area contributed by atoms with Crippen LogP contribution in [0.4, 0.5) is 0 Å². The van der Waals surface area contributed by atoms with Gasteiger partial charge in [0, 0.05) is 11.4 Å². The van der Waals surface area contributed by atoms with E-state index in [-0.39, 0.29) is 22.2 Å². The highest BCUT2D eigenvalue weighted by molar-refractivity contribution is 7.89. The maximum Gasteiger partial charge on any atom is 0.345 e. The Labute approximate surface area is 116 Å². The minimum absolute atomic E-state index is 0.0257. The summed E-state index contributed by atoms with van der Waals surface area (Å²) in [5, 5.41) is 18.4. The molecule has 6 nitrogen and oxygen atoms in total. The van der Waals surface area contributed by atoms with E-state index in [0.717, 1.165) is 17.4 Å². The summed E-state index contributed by atoms with van der Waals surface area (Å²) in [6.07, 6.45) is -0.785. The maximum absolute atomic E-state index is 12.0. The maximum atomic E-state index is 12.0. The molecule has 1 unspecified atom stereocenters. The molecule has 3 N–H and O–H groups in total. The highest BCUT2D eigenvalue weighted by Gasteiger charge is 2.23. The number of hydrogen-bond donors (Lipinski definition) is 3. The fraction of sp³-hybridized carbons (Fsp3) is 0.545. The van der Waals surface area contributed by atoms with Gasteiger partial charge in [0.1, 0.15) is 4.88 Å². The first-order valence-electron chi connectivity index (χ1n) is 5.66. The number of aromatic carboxylic acids is 1. The third kappa shape index (κ3) is 4.00. The fourth-order valence-corrected chi connectivity index (χ4v) is 3.83. The van der Waals surface area contributed by atoms with E-state index in [9.17, 15) is 18.3 Å². The average molecular weight is 307 g/mol. The molecule has 1 aromatic heterocycles. The predicted molar refractivity (Wildman–Crippen MR) is 72.0 cm³/mol. The third-order valence-electron chi connectivity index (χ3n) is 2.62. The van der Waals surface area contributed by atoms with Crippen molar-refractivity contribution >= 4 is 27.3 Å². The number of hydrogen-bond acceptors (Lipinski definition) is 5. The third-order valence-corrected chi connectivity index (χ3v) is 5.34. The van der Waals surface area contributed by atoms with Gasteiger partial charge < -0.3 is 10.2 Å². The second-order valence-electron chi connectivity index (χ2n) is 4.50. The zero-order valence-electron chi connectivity index (χ0n) is 10.9. The Morgan fingerprint density at radius 2 is 2.05 bits per heavy atom. The van der Waals surface area contributed by atoms with Gasteiger partial charge in [0.15, 0.2) is 0 Å². The quantitative estimate of drug-likeness (QED) is 0.729. The van der Waals surface area contributed by atoms with Gasteiger partial charge >= 0.3 is 5.97 Å². The van der Waals surface area contributed by atoms with Crippen molar-refractivity contribution < 1.29 is 23.4 Å². The van der Waals surface area contributed by atoms with Gasteiger partial charge in [-0.25, -0.2) is 17.9 Å². The number of carbonyl (C=O) groups is 1. The van der Waals surface area contributed by atoms with Gasteiger partial charge in [0.2, 0.25) is 10.0 Å². The molecule has 0 aromatic carbocycles. The summed E-state index contributed by atoms with van der Waals surface area (Å²) in [5.41, 5.74) is 0. The summed E-state index contributed by atoms with van der Waals surface area (Å²) < 4.78 is 26.3. The summed E-state index contributed by atoms with van der Waals surface area (Å²) in [6, 6.07) is 1.13. The molecule has 19 heavy (non-hydrogen) atoms. The Morgan fingerprint density at radius 1 is 1.47 bits per heavy atom. The Hall–Kier alpha value is -0.960. The molecule has 0 fully saturated rings. The lowest BCUT2D eigenvalue weighted by Gasteiger charge is -2.15. The fourth-order valence-electron chi connectivity index (χ4n) is 1.35. The SMILES string of the molecule is Cc1sc(C(=O)O)cc1S(=O)(=O)NCC(O)C(C)C. The van der Waals surface area contributed by atoms with Gasteiger partial charge in [-0.2, -0.15) is 0 Å². The van der Waals surface area contributed by atoms with E-state index >= 15 is 0 Å². The summed E-state index contributed by atoms with van der Waals surface area (Å²) in [6.45, 7) is 5.00. The lowest BCUT2D eigenvalue weighted by Crippen LogP contribution is -2.34. The molecule has 0 spiro atoms. The predicted octanol–water partition coefficient (Wildman–Crippen LogP) is 1.05. The molecule has 1 atom stereocenters. The van der Waals surface area contributed by atoms with E-state index in [0.29, 0.717) is 4.88 Å². The van der Waals surface area contributed by atoms with Crippen LogP contribution in [0.15, 0.2) is 11.0 Å². The number of carboxylic acid groups (broad SMARTS) is 1. The monoisotopic (exact) mass is 307 g/mol. The topological polar surface area (TPSA) is 104 Å². The normalized spacial score (nSPS) is 13.7. The summed E-state index contributed by atoms with van der Waals surface area (Å²) in [7, 11) is -3.80. The van der Waals surface area contributed by atoms with Crippen LogP contribution < -0.4 is 4.72 Å². The smallest absolute Gasteiger partial charge is 0.345 e. The van der Waals surface area contributed by atoms with Crippen molar-refractivity contribution in [2.45, 2.75) is 31.8 Å². The van der Waals surface area contributed by atoms with Gasteiger partial charge in [0.05, 0.1) is 11.0 Å². The molecule has 1 aromatic rings. The van der Waals surface area contributed by atoms with Crippen LogP contribution in [0.1, 0.15) is 28.4 Å². The number of aliphatic hydroxyl groups is 1. The number of rotatable bonds is 6. The van der Waals surface area contributed by atoms with Crippen LogP contribution in [-0.2, 0) is 10.0 Å². The molecule has 1 heterocycles. The van der Waals surface area contributed by atoms with Gasteiger partial charge in [0.25, 0.3) is 0 Å². The van der Waals surface area contributed by atoms with Gasteiger partial charge in [-0.05, 0) is 18.9 Å². The average Bonchev–Trinajstić information content (AvgIpc) is 2.69. The Morgan fingerprint density at radius 3 is 2.47 bits per heavy atom. The second kappa shape index (κ2) is 6.00. The van der Waals surface area contributed by atoms with Crippen LogP contribution >= 0.6 is 11.3 Å². The van der Waals surface area contributed by atoms with Crippen LogP contribution in [0.5, 0.6) is 0 Å². The molecule has 0 amide bonds. The lowest BCUT2D eigenvalue weighted by molar-refractivity contribution is 0.0702. The molecule has 108 valence electrons. The number of aryl methyl sites for hydroxylation is 1. The van der Waals surface area contributed by atoms with Crippen molar-refractivity contribution in [3.05, 3.63) is 15.8 Å². The zero-order valence-corrected chi connectivity index (χ0v) is 12.5. The van der Waals surface area contributed by atoms with Crippen molar-refractivity contribution in [2.24, 2.45) is 5.92 Å². The Kier molecular flexibility index (Phi) is 5.08. The molecule has 0 radical (unpaired) electrons. The summed E-state index contributed by atoms with van der Waals surface area (Å²) in [4.78, 5) is 11.1. The van der Waals surface area contributed by atoms with E-state index in [1.54, 1.807) is 20.8 Å². The van der Waals surface area contributed by atoms with E-state index in [1.165, 1.54) is 0 Å². The molecule has 0 saturated heterocycles. The molecule has 0 bridgehead atoms. The van der Waals surface area contributed by atoms with E-state index in [1.807, 2.05) is 0 Å². The van der Waals surface area contributed by atoms with Crippen LogP contribution in [0.2, 0.25) is 0 Å². The first-order chi connectivity index (χ1) is 8.65. The molecular formula is C11H17NO5S2. The van der Waals surface area contributed by atoms with Crippen molar-refractivity contribution in [3.8, 4) is 0 Å². The number of thiophene rings is 1. The number of sulfonamides is 1. The van der Waals surface area contributed by atoms with E-state index in [2.05, 4.69) is 4.72 Å². The molecule has 0 saturated carbocycles. The van der Waals surface area contributed by atoms with Crippen molar-refractivity contribution in [1.29, 1.82) is 0 Å². The number of nitrogens with one attached hydrogen (secondary N) is 1. The lowest BCUT2D eigenvalue weighted by atomic mass is 10.1. The minimum atomic E-state index is -3.80. The molecule has 0 aliphatic heterocycles. The Bertz CT molecular complexity index is 562. The Balaban J connectivity index is 2.92. The molecule has 1 rings (SSSR count). The minimum Gasteiger partial charge on any atom is -0.477 e. The van der Waals surface area contributed by atoms with Crippen molar-refractivity contribution in [3.63, 3.8) is 0 Å². The summed E-state index contributed by atoms with van der Waals surface area (Å²) >= 11 is 0.909. The van der Waals surface area contributed by atoms with Crippen LogP contribution in [0.3, 0.4) is 0 Å². The number of aliphatic hydroxyl groups excluding tert-OH is 1. The van der Waals surface area contributed by atoms with Crippen LogP contribution in [0.25, 0.3) is 0 Å².